The Morgan fingerprint density at radius 2 is 1.98 bits per heavy atom. The summed E-state index contributed by atoms with van der Waals surface area (Å²) in [6, 6.07) is 13.7. The minimum Gasteiger partial charge on any atom is -0.508 e. The molecule has 4 saturated heterocycles. The number of benzene rings is 3. The molecule has 208 valence electrons. The van der Waals surface area contributed by atoms with Crippen LogP contribution in [0.3, 0.4) is 0 Å². The first kappa shape index (κ1) is 25.7. The molecule has 7 nitrogen and oxygen atoms in total. The summed E-state index contributed by atoms with van der Waals surface area (Å²) in [7, 11) is 2.10. The molecule has 5 heterocycles. The fraction of sp³-hybridized carbons (Fsp3) is 0.419. The summed E-state index contributed by atoms with van der Waals surface area (Å²) in [4.78, 5) is 14.1. The SMILES string of the molecule is CN1CCC[C@H]1COc1nc(N2CC3CCCC2CN3)c2cc(Cl)c(-c3cc(O)cc4ccccc34)c(F)c2n1. The second-order valence-corrected chi connectivity index (χ2v) is 11.8. The van der Waals surface area contributed by atoms with E-state index in [1.54, 1.807) is 18.2 Å². The van der Waals surface area contributed by atoms with E-state index in [0.29, 0.717) is 29.4 Å². The predicted octanol–water partition coefficient (Wildman–Crippen LogP) is 5.75. The molecule has 0 aliphatic carbocycles. The Balaban J connectivity index is 1.40. The molecule has 4 aromatic rings. The lowest BCUT2D eigenvalue weighted by atomic mass is 9.96. The molecule has 9 heteroatoms. The van der Waals surface area contributed by atoms with E-state index in [0.717, 1.165) is 62.5 Å². The minimum atomic E-state index is -0.539. The van der Waals surface area contributed by atoms with Gasteiger partial charge in [0.25, 0.3) is 0 Å². The monoisotopic (exact) mass is 561 g/mol. The number of fused-ring (bicyclic) bond motifs is 6. The van der Waals surface area contributed by atoms with Crippen molar-refractivity contribution < 1.29 is 14.2 Å². The summed E-state index contributed by atoms with van der Waals surface area (Å²) >= 11 is 6.88. The molecular formula is C31H33ClFN5O2. The first-order valence-electron chi connectivity index (χ1n) is 14.2. The van der Waals surface area contributed by atoms with Crippen LogP contribution in [0.1, 0.15) is 32.1 Å². The number of nitrogens with zero attached hydrogens (tertiary/aromatic N) is 4. The summed E-state index contributed by atoms with van der Waals surface area (Å²) < 4.78 is 22.9. The Labute approximate surface area is 237 Å². The second kappa shape index (κ2) is 10.3. The van der Waals surface area contributed by atoms with Crippen LogP contribution >= 0.6 is 11.6 Å². The smallest absolute Gasteiger partial charge is 0.319 e. The van der Waals surface area contributed by atoms with Gasteiger partial charge in [0.15, 0.2) is 5.82 Å². The fourth-order valence-electron chi connectivity index (χ4n) is 6.73. The van der Waals surface area contributed by atoms with Gasteiger partial charge in [-0.15, -0.1) is 0 Å². The number of likely N-dealkylation sites (tertiary alicyclic amines) is 1. The van der Waals surface area contributed by atoms with Crippen LogP contribution in [-0.4, -0.2) is 71.4 Å². The van der Waals surface area contributed by atoms with Crippen LogP contribution in [0.15, 0.2) is 42.5 Å². The lowest BCUT2D eigenvalue weighted by molar-refractivity contribution is 0.188. The molecular weight excluding hydrogens is 529 g/mol. The maximum Gasteiger partial charge on any atom is 0.319 e. The molecule has 40 heavy (non-hydrogen) atoms. The Morgan fingerprint density at radius 3 is 2.83 bits per heavy atom. The minimum absolute atomic E-state index is 0.0467. The predicted molar refractivity (Wildman–Crippen MR) is 157 cm³/mol. The van der Waals surface area contributed by atoms with Gasteiger partial charge in [0.2, 0.25) is 0 Å². The molecule has 4 aliphatic heterocycles. The van der Waals surface area contributed by atoms with E-state index in [-0.39, 0.29) is 39.9 Å². The molecule has 3 aromatic carbocycles. The number of hydrogen-bond donors (Lipinski definition) is 2. The van der Waals surface area contributed by atoms with Crippen LogP contribution in [0.5, 0.6) is 11.8 Å². The van der Waals surface area contributed by atoms with Crippen LogP contribution < -0.4 is 15.0 Å². The van der Waals surface area contributed by atoms with Crippen molar-refractivity contribution in [1.29, 1.82) is 0 Å². The highest BCUT2D eigenvalue weighted by Crippen LogP contribution is 2.43. The third-order valence-electron chi connectivity index (χ3n) is 8.90. The van der Waals surface area contributed by atoms with E-state index in [2.05, 4.69) is 27.1 Å². The number of phenolic OH excluding ortho intramolecular Hbond substituents is 1. The first-order chi connectivity index (χ1) is 19.5. The van der Waals surface area contributed by atoms with Crippen molar-refractivity contribution in [3.8, 4) is 22.9 Å². The van der Waals surface area contributed by atoms with Crippen LogP contribution in [0.4, 0.5) is 10.2 Å². The topological polar surface area (TPSA) is 73.8 Å². The van der Waals surface area contributed by atoms with Gasteiger partial charge in [-0.2, -0.15) is 9.97 Å². The summed E-state index contributed by atoms with van der Waals surface area (Å²) in [5.74, 6) is 0.180. The average molecular weight is 562 g/mol. The summed E-state index contributed by atoms with van der Waals surface area (Å²) in [5.41, 5.74) is 0.916. The normalized spacial score (nSPS) is 23.3. The van der Waals surface area contributed by atoms with Crippen molar-refractivity contribution in [1.82, 2.24) is 20.2 Å². The van der Waals surface area contributed by atoms with E-state index in [1.807, 2.05) is 24.3 Å². The number of likely N-dealkylation sites (N-methyl/N-ethyl adjacent to an activating group) is 1. The fourth-order valence-corrected chi connectivity index (χ4v) is 7.02. The number of rotatable bonds is 5. The van der Waals surface area contributed by atoms with Gasteiger partial charge in [0.05, 0.1) is 5.02 Å². The number of anilines is 1. The summed E-state index contributed by atoms with van der Waals surface area (Å²) in [6.07, 6.45) is 5.48. The second-order valence-electron chi connectivity index (χ2n) is 11.4. The maximum atomic E-state index is 16.7. The van der Waals surface area contributed by atoms with Gasteiger partial charge in [-0.3, -0.25) is 0 Å². The van der Waals surface area contributed by atoms with Crippen LogP contribution in [0, 0.1) is 5.82 Å². The quantitative estimate of drug-likeness (QED) is 0.321. The molecule has 0 amide bonds. The van der Waals surface area contributed by atoms with Gasteiger partial charge >= 0.3 is 6.01 Å². The summed E-state index contributed by atoms with van der Waals surface area (Å²) in [6.45, 7) is 3.15. The number of nitrogens with one attached hydrogen (secondary N) is 1. The molecule has 0 spiro atoms. The maximum absolute atomic E-state index is 16.7. The van der Waals surface area contributed by atoms with Crippen molar-refractivity contribution in [2.24, 2.45) is 0 Å². The number of aromatic hydroxyl groups is 1. The van der Waals surface area contributed by atoms with Gasteiger partial charge < -0.3 is 25.0 Å². The van der Waals surface area contributed by atoms with Crippen molar-refractivity contribution >= 4 is 39.1 Å². The lowest BCUT2D eigenvalue weighted by Gasteiger charge is -2.38. The van der Waals surface area contributed by atoms with Crippen molar-refractivity contribution in [3.63, 3.8) is 0 Å². The van der Waals surface area contributed by atoms with Gasteiger partial charge in [-0.25, -0.2) is 4.39 Å². The Morgan fingerprint density at radius 1 is 1.10 bits per heavy atom. The van der Waals surface area contributed by atoms with Gasteiger partial charge in [-0.1, -0.05) is 35.9 Å². The molecule has 0 saturated carbocycles. The van der Waals surface area contributed by atoms with E-state index in [9.17, 15) is 5.11 Å². The zero-order chi connectivity index (χ0) is 27.4. The largest absolute Gasteiger partial charge is 0.508 e. The van der Waals surface area contributed by atoms with Crippen molar-refractivity contribution in [3.05, 3.63) is 53.3 Å². The van der Waals surface area contributed by atoms with E-state index in [1.165, 1.54) is 0 Å². The Kier molecular flexibility index (Phi) is 6.65. The molecule has 2 unspecified atom stereocenters. The van der Waals surface area contributed by atoms with E-state index < -0.39 is 5.82 Å². The highest BCUT2D eigenvalue weighted by molar-refractivity contribution is 6.35. The molecule has 2 N–H and O–H groups in total. The average Bonchev–Trinajstić information content (AvgIpc) is 3.11. The summed E-state index contributed by atoms with van der Waals surface area (Å²) in [5, 5.41) is 16.6. The molecule has 4 fully saturated rings. The number of aromatic nitrogens is 2. The Hall–Kier alpha value is -3.20. The number of hydrogen-bond acceptors (Lipinski definition) is 7. The van der Waals surface area contributed by atoms with Gasteiger partial charge in [0.1, 0.15) is 23.7 Å². The standard InChI is InChI=1S/C31H33ClFN5O2/c1-37-11-5-9-21(37)17-40-31-35-29-25(30(36-31)38-16-19-7-4-8-20(38)15-34-19)14-26(32)27(28(29)33)24-13-22(39)12-18-6-2-3-10-23(18)24/h2-3,6,10,12-14,19-21,34,39H,4-5,7-9,11,15-17H2,1H3/t19?,20?,21-/m0/s1. The zero-order valence-corrected chi connectivity index (χ0v) is 23.3. The Bertz CT molecular complexity index is 1600. The van der Waals surface area contributed by atoms with Crippen LogP contribution in [0.2, 0.25) is 5.02 Å². The van der Waals surface area contributed by atoms with E-state index >= 15 is 4.39 Å². The molecule has 8 rings (SSSR count). The van der Waals surface area contributed by atoms with Gasteiger partial charge in [-0.05, 0) is 80.2 Å². The van der Waals surface area contributed by atoms with Crippen LogP contribution in [0.25, 0.3) is 32.8 Å². The molecule has 3 atom stereocenters. The molecule has 0 radical (unpaired) electrons. The highest BCUT2D eigenvalue weighted by atomic mass is 35.5. The number of ether oxygens (including phenoxy) is 1. The van der Waals surface area contributed by atoms with Crippen molar-refractivity contribution in [2.75, 3.05) is 38.2 Å². The first-order valence-corrected chi connectivity index (χ1v) is 14.6. The van der Waals surface area contributed by atoms with Crippen molar-refractivity contribution in [2.45, 2.75) is 50.2 Å². The zero-order valence-electron chi connectivity index (χ0n) is 22.5. The number of piperazine rings is 1. The lowest BCUT2D eigenvalue weighted by Crippen LogP contribution is -2.54. The molecule has 1 aromatic heterocycles. The van der Waals surface area contributed by atoms with Gasteiger partial charge in [0, 0.05) is 42.2 Å². The third-order valence-corrected chi connectivity index (χ3v) is 9.19. The van der Waals surface area contributed by atoms with E-state index in [4.69, 9.17) is 21.3 Å². The molecule has 2 bridgehead atoms. The molecule has 4 aliphatic rings. The third kappa shape index (κ3) is 4.52. The van der Waals surface area contributed by atoms with Crippen LogP contribution in [-0.2, 0) is 0 Å². The number of phenols is 1. The number of halogens is 2. The highest BCUT2D eigenvalue weighted by Gasteiger charge is 2.34.